The fourth-order valence-corrected chi connectivity index (χ4v) is 3.35. The van der Waals surface area contributed by atoms with E-state index in [-0.39, 0.29) is 12.0 Å². The van der Waals surface area contributed by atoms with Gasteiger partial charge in [0.05, 0.1) is 19.4 Å². The molecule has 0 bridgehead atoms. The van der Waals surface area contributed by atoms with E-state index in [9.17, 15) is 9.59 Å². The van der Waals surface area contributed by atoms with Crippen molar-refractivity contribution in [3.63, 3.8) is 0 Å². The summed E-state index contributed by atoms with van der Waals surface area (Å²) in [5.74, 6) is 0.943. The standard InChI is InChI=1S/C21H26N4O4/c1-4-29-21(27)25-10-8-24(9-11-25)20(26)16-7-5-6-15(12-16)17-13-18(28-3)14(2)23-19(17)22/h5-7,12-13H,4,8-11H2,1-3H3,(H2,22,23). The lowest BCUT2D eigenvalue weighted by molar-refractivity contribution is 0.0570. The normalized spacial score (nSPS) is 13.9. The monoisotopic (exact) mass is 398 g/mol. The molecule has 2 aromatic rings. The van der Waals surface area contributed by atoms with Crippen LogP contribution >= 0.6 is 0 Å². The molecule has 2 N–H and O–H groups in total. The third-order valence-electron chi connectivity index (χ3n) is 4.93. The summed E-state index contributed by atoms with van der Waals surface area (Å²) in [5.41, 5.74) is 8.89. The maximum Gasteiger partial charge on any atom is 0.409 e. The van der Waals surface area contributed by atoms with Gasteiger partial charge in [0.25, 0.3) is 5.91 Å². The minimum atomic E-state index is -0.335. The molecule has 0 atom stereocenters. The summed E-state index contributed by atoms with van der Waals surface area (Å²) < 4.78 is 10.4. The number of aryl methyl sites for hydroxylation is 1. The van der Waals surface area contributed by atoms with Gasteiger partial charge in [0.15, 0.2) is 0 Å². The van der Waals surface area contributed by atoms with Gasteiger partial charge >= 0.3 is 6.09 Å². The van der Waals surface area contributed by atoms with Crippen molar-refractivity contribution in [2.75, 3.05) is 45.6 Å². The molecule has 3 rings (SSSR count). The van der Waals surface area contributed by atoms with Crippen molar-refractivity contribution in [1.82, 2.24) is 14.8 Å². The van der Waals surface area contributed by atoms with Crippen LogP contribution < -0.4 is 10.5 Å². The molecule has 29 heavy (non-hydrogen) atoms. The van der Waals surface area contributed by atoms with Crippen molar-refractivity contribution in [3.8, 4) is 16.9 Å². The van der Waals surface area contributed by atoms with E-state index in [0.29, 0.717) is 61.2 Å². The second-order valence-corrected chi connectivity index (χ2v) is 6.77. The number of nitrogens with zero attached hydrogens (tertiary/aromatic N) is 3. The Bertz CT molecular complexity index is 908. The number of anilines is 1. The minimum absolute atomic E-state index is 0.0824. The predicted octanol–water partition coefficient (Wildman–Crippen LogP) is 2.56. The van der Waals surface area contributed by atoms with E-state index in [1.54, 1.807) is 29.9 Å². The van der Waals surface area contributed by atoms with E-state index < -0.39 is 0 Å². The van der Waals surface area contributed by atoms with Crippen LogP contribution in [0.4, 0.5) is 10.6 Å². The molecule has 0 aliphatic carbocycles. The zero-order valence-corrected chi connectivity index (χ0v) is 17.0. The second kappa shape index (κ2) is 8.81. The number of carbonyl (C=O) groups excluding carboxylic acids is 2. The van der Waals surface area contributed by atoms with Gasteiger partial charge in [0, 0.05) is 37.3 Å². The number of methoxy groups -OCH3 is 1. The number of aromatic nitrogens is 1. The van der Waals surface area contributed by atoms with Crippen molar-refractivity contribution in [3.05, 3.63) is 41.6 Å². The molecule has 8 nitrogen and oxygen atoms in total. The number of hydrogen-bond acceptors (Lipinski definition) is 6. The number of amides is 2. The maximum atomic E-state index is 13.0. The first-order chi connectivity index (χ1) is 13.9. The topological polar surface area (TPSA) is 98.0 Å². The van der Waals surface area contributed by atoms with E-state index in [1.807, 2.05) is 31.2 Å². The number of rotatable bonds is 4. The van der Waals surface area contributed by atoms with Crippen LogP contribution in [0.25, 0.3) is 11.1 Å². The Kier molecular flexibility index (Phi) is 6.21. The van der Waals surface area contributed by atoms with Crippen molar-refractivity contribution in [2.24, 2.45) is 0 Å². The lowest BCUT2D eigenvalue weighted by atomic mass is 10.0. The summed E-state index contributed by atoms with van der Waals surface area (Å²) in [7, 11) is 1.58. The number of carbonyl (C=O) groups is 2. The van der Waals surface area contributed by atoms with Gasteiger partial charge in [-0.15, -0.1) is 0 Å². The molecular weight excluding hydrogens is 372 g/mol. The molecule has 1 aromatic carbocycles. The zero-order chi connectivity index (χ0) is 21.0. The Balaban J connectivity index is 1.77. The van der Waals surface area contributed by atoms with E-state index >= 15 is 0 Å². The smallest absolute Gasteiger partial charge is 0.409 e. The predicted molar refractivity (Wildman–Crippen MR) is 110 cm³/mol. The average molecular weight is 398 g/mol. The fourth-order valence-electron chi connectivity index (χ4n) is 3.35. The number of benzene rings is 1. The van der Waals surface area contributed by atoms with Crippen LogP contribution in [0.15, 0.2) is 30.3 Å². The maximum absolute atomic E-state index is 13.0. The molecule has 0 spiro atoms. The number of hydrogen-bond donors (Lipinski definition) is 1. The van der Waals surface area contributed by atoms with Crippen molar-refractivity contribution in [2.45, 2.75) is 13.8 Å². The molecular formula is C21H26N4O4. The first-order valence-electron chi connectivity index (χ1n) is 9.57. The largest absolute Gasteiger partial charge is 0.495 e. The van der Waals surface area contributed by atoms with Gasteiger partial charge in [-0.3, -0.25) is 4.79 Å². The number of nitrogens with two attached hydrogens (primary N) is 1. The minimum Gasteiger partial charge on any atom is -0.495 e. The number of ether oxygens (including phenoxy) is 2. The highest BCUT2D eigenvalue weighted by molar-refractivity contribution is 5.96. The van der Waals surface area contributed by atoms with Gasteiger partial charge < -0.3 is 25.0 Å². The molecule has 2 heterocycles. The summed E-state index contributed by atoms with van der Waals surface area (Å²) in [4.78, 5) is 32.5. The van der Waals surface area contributed by atoms with Crippen LogP contribution in [0.5, 0.6) is 5.75 Å². The molecule has 8 heteroatoms. The van der Waals surface area contributed by atoms with Gasteiger partial charge in [0.1, 0.15) is 11.6 Å². The highest BCUT2D eigenvalue weighted by Crippen LogP contribution is 2.31. The van der Waals surface area contributed by atoms with E-state index in [4.69, 9.17) is 15.2 Å². The van der Waals surface area contributed by atoms with Crippen molar-refractivity contribution < 1.29 is 19.1 Å². The highest BCUT2D eigenvalue weighted by Gasteiger charge is 2.25. The molecule has 2 amide bonds. The summed E-state index contributed by atoms with van der Waals surface area (Å²) in [6, 6.07) is 9.13. The first-order valence-corrected chi connectivity index (χ1v) is 9.57. The van der Waals surface area contributed by atoms with Crippen molar-refractivity contribution >= 4 is 17.8 Å². The Hall–Kier alpha value is -3.29. The number of piperazine rings is 1. The Morgan fingerprint density at radius 1 is 1.14 bits per heavy atom. The lowest BCUT2D eigenvalue weighted by Crippen LogP contribution is -2.50. The van der Waals surface area contributed by atoms with Crippen LogP contribution in [-0.2, 0) is 4.74 Å². The van der Waals surface area contributed by atoms with E-state index in [2.05, 4.69) is 4.98 Å². The fraction of sp³-hybridized carbons (Fsp3) is 0.381. The quantitative estimate of drug-likeness (QED) is 0.850. The summed E-state index contributed by atoms with van der Waals surface area (Å²) in [6.07, 6.45) is -0.335. The second-order valence-electron chi connectivity index (χ2n) is 6.77. The van der Waals surface area contributed by atoms with Crippen LogP contribution in [0.2, 0.25) is 0 Å². The van der Waals surface area contributed by atoms with Crippen LogP contribution in [0.3, 0.4) is 0 Å². The van der Waals surface area contributed by atoms with Gasteiger partial charge in [-0.25, -0.2) is 9.78 Å². The summed E-state index contributed by atoms with van der Waals surface area (Å²) >= 11 is 0. The Morgan fingerprint density at radius 3 is 2.48 bits per heavy atom. The van der Waals surface area contributed by atoms with Gasteiger partial charge in [-0.2, -0.15) is 0 Å². The van der Waals surface area contributed by atoms with Gasteiger partial charge in [-0.05, 0) is 37.6 Å². The number of pyridine rings is 1. The summed E-state index contributed by atoms with van der Waals surface area (Å²) in [6.45, 7) is 5.78. The molecule has 1 aliphatic heterocycles. The molecule has 0 unspecified atom stereocenters. The Labute approximate surface area is 170 Å². The third-order valence-corrected chi connectivity index (χ3v) is 4.93. The molecule has 0 radical (unpaired) electrons. The van der Waals surface area contributed by atoms with Gasteiger partial charge in [0.2, 0.25) is 0 Å². The van der Waals surface area contributed by atoms with Gasteiger partial charge in [-0.1, -0.05) is 12.1 Å². The molecule has 0 saturated carbocycles. The zero-order valence-electron chi connectivity index (χ0n) is 17.0. The highest BCUT2D eigenvalue weighted by atomic mass is 16.6. The lowest BCUT2D eigenvalue weighted by Gasteiger charge is -2.34. The van der Waals surface area contributed by atoms with Crippen LogP contribution in [-0.4, -0.2) is 66.7 Å². The first kappa shape index (κ1) is 20.4. The van der Waals surface area contributed by atoms with E-state index in [0.717, 1.165) is 5.56 Å². The number of nitrogen functional groups attached to an aromatic ring is 1. The van der Waals surface area contributed by atoms with Crippen molar-refractivity contribution in [1.29, 1.82) is 0 Å². The molecule has 1 aliphatic rings. The third kappa shape index (κ3) is 4.42. The molecule has 1 fully saturated rings. The molecule has 154 valence electrons. The van der Waals surface area contributed by atoms with Crippen LogP contribution in [0, 0.1) is 6.92 Å². The summed E-state index contributed by atoms with van der Waals surface area (Å²) in [5, 5.41) is 0. The molecule has 1 saturated heterocycles. The SMILES string of the molecule is CCOC(=O)N1CCN(C(=O)c2cccc(-c3cc(OC)c(C)nc3N)c2)CC1. The average Bonchev–Trinajstić information content (AvgIpc) is 2.74. The molecule has 1 aromatic heterocycles. The van der Waals surface area contributed by atoms with E-state index in [1.165, 1.54) is 0 Å². The Morgan fingerprint density at radius 2 is 1.83 bits per heavy atom. The van der Waals surface area contributed by atoms with Crippen LogP contribution in [0.1, 0.15) is 23.0 Å².